The number of phenols is 1. The Morgan fingerprint density at radius 1 is 1.29 bits per heavy atom. The molecular formula is C23H25N5O6. The van der Waals surface area contributed by atoms with Crippen LogP contribution in [0.5, 0.6) is 11.5 Å². The number of rotatable bonds is 4. The first-order valence-corrected chi connectivity index (χ1v) is 11.3. The molecule has 4 heterocycles. The van der Waals surface area contributed by atoms with Crippen LogP contribution in [0, 0.1) is 17.2 Å². The number of aromatic hydroxyl groups is 1. The molecule has 2 fully saturated rings. The third-order valence-electron chi connectivity index (χ3n) is 6.53. The van der Waals surface area contributed by atoms with Gasteiger partial charge in [-0.05, 0) is 24.6 Å². The largest absolute Gasteiger partial charge is 0.504 e. The van der Waals surface area contributed by atoms with Crippen LogP contribution in [0.25, 0.3) is 0 Å². The van der Waals surface area contributed by atoms with E-state index in [4.69, 9.17) is 14.2 Å². The minimum Gasteiger partial charge on any atom is -0.504 e. The van der Waals surface area contributed by atoms with E-state index in [0.29, 0.717) is 57.3 Å². The molecule has 5 rings (SSSR count). The number of benzene rings is 1. The SMILES string of the molecule is CCOc1cc(C2c3c(nc(N4CCC5(CC4)OCCO5)[nH]c3=O)NC(=O)C2C#N)ccc1O. The maximum Gasteiger partial charge on any atom is 0.258 e. The average molecular weight is 467 g/mol. The molecular weight excluding hydrogens is 442 g/mol. The number of carbonyl (C=O) groups is 1. The number of aromatic amines is 1. The number of hydrogen-bond acceptors (Lipinski definition) is 9. The Bertz CT molecular complexity index is 1210. The highest BCUT2D eigenvalue weighted by Crippen LogP contribution is 2.41. The maximum absolute atomic E-state index is 13.3. The fourth-order valence-corrected chi connectivity index (χ4v) is 4.85. The van der Waals surface area contributed by atoms with E-state index in [1.54, 1.807) is 19.1 Å². The number of amides is 1. The highest BCUT2D eigenvalue weighted by atomic mass is 16.7. The van der Waals surface area contributed by atoms with Gasteiger partial charge in [0, 0.05) is 31.8 Å². The normalized spacial score (nSPS) is 23.3. The molecule has 3 aliphatic rings. The molecule has 11 nitrogen and oxygen atoms in total. The molecule has 1 aromatic heterocycles. The van der Waals surface area contributed by atoms with Gasteiger partial charge in [0.1, 0.15) is 11.7 Å². The Balaban J connectivity index is 1.51. The van der Waals surface area contributed by atoms with Gasteiger partial charge in [-0.3, -0.25) is 14.6 Å². The minimum absolute atomic E-state index is 0.0694. The number of nitrogens with one attached hydrogen (secondary N) is 2. The quantitative estimate of drug-likeness (QED) is 0.607. The number of hydrogen-bond donors (Lipinski definition) is 3. The van der Waals surface area contributed by atoms with Gasteiger partial charge < -0.3 is 29.5 Å². The van der Waals surface area contributed by atoms with Crippen molar-refractivity contribution < 1.29 is 24.1 Å². The van der Waals surface area contributed by atoms with E-state index in [-0.39, 0.29) is 22.9 Å². The van der Waals surface area contributed by atoms with Crippen LogP contribution in [0.15, 0.2) is 23.0 Å². The summed E-state index contributed by atoms with van der Waals surface area (Å²) in [5.41, 5.74) is 0.253. The summed E-state index contributed by atoms with van der Waals surface area (Å²) in [6.07, 6.45) is 1.26. The molecule has 1 amide bonds. The molecule has 3 aliphatic heterocycles. The molecule has 34 heavy (non-hydrogen) atoms. The summed E-state index contributed by atoms with van der Waals surface area (Å²) in [6, 6.07) is 6.56. The molecule has 1 aromatic carbocycles. The van der Waals surface area contributed by atoms with Crippen molar-refractivity contribution in [1.82, 2.24) is 9.97 Å². The molecule has 2 unspecified atom stereocenters. The van der Waals surface area contributed by atoms with E-state index < -0.39 is 29.1 Å². The highest BCUT2D eigenvalue weighted by molar-refractivity contribution is 5.98. The van der Waals surface area contributed by atoms with Crippen LogP contribution < -0.4 is 20.5 Å². The Labute approximate surface area is 195 Å². The van der Waals surface area contributed by atoms with Gasteiger partial charge in [-0.1, -0.05) is 6.07 Å². The van der Waals surface area contributed by atoms with Gasteiger partial charge in [-0.2, -0.15) is 10.2 Å². The molecule has 2 saturated heterocycles. The number of nitrogens with zero attached hydrogens (tertiary/aromatic N) is 3. The van der Waals surface area contributed by atoms with Crippen LogP contribution in [0.3, 0.4) is 0 Å². The van der Waals surface area contributed by atoms with Crippen molar-refractivity contribution in [1.29, 1.82) is 5.26 Å². The molecule has 178 valence electrons. The second-order valence-electron chi connectivity index (χ2n) is 8.48. The van der Waals surface area contributed by atoms with Gasteiger partial charge in [-0.25, -0.2) is 0 Å². The van der Waals surface area contributed by atoms with Crippen molar-refractivity contribution in [2.24, 2.45) is 5.92 Å². The summed E-state index contributed by atoms with van der Waals surface area (Å²) < 4.78 is 17.0. The summed E-state index contributed by atoms with van der Waals surface area (Å²) in [4.78, 5) is 35.4. The van der Waals surface area contributed by atoms with E-state index in [1.807, 2.05) is 11.0 Å². The smallest absolute Gasteiger partial charge is 0.258 e. The van der Waals surface area contributed by atoms with E-state index in [2.05, 4.69) is 15.3 Å². The lowest BCUT2D eigenvalue weighted by atomic mass is 9.79. The number of nitriles is 1. The zero-order chi connectivity index (χ0) is 23.9. The number of aromatic nitrogens is 2. The van der Waals surface area contributed by atoms with Crippen molar-refractivity contribution in [3.8, 4) is 17.6 Å². The summed E-state index contributed by atoms with van der Waals surface area (Å²) in [6.45, 7) is 4.37. The van der Waals surface area contributed by atoms with Crippen molar-refractivity contribution in [3.63, 3.8) is 0 Å². The van der Waals surface area contributed by atoms with Gasteiger partial charge in [0.15, 0.2) is 17.3 Å². The lowest BCUT2D eigenvalue weighted by molar-refractivity contribution is -0.169. The van der Waals surface area contributed by atoms with Crippen molar-refractivity contribution in [2.45, 2.75) is 31.5 Å². The molecule has 1 spiro atoms. The van der Waals surface area contributed by atoms with Crippen molar-refractivity contribution in [3.05, 3.63) is 39.7 Å². The number of H-pyrrole nitrogens is 1. The van der Waals surface area contributed by atoms with Gasteiger partial charge in [0.2, 0.25) is 11.9 Å². The van der Waals surface area contributed by atoms with Gasteiger partial charge in [0.25, 0.3) is 5.56 Å². The summed E-state index contributed by atoms with van der Waals surface area (Å²) in [7, 11) is 0. The average Bonchev–Trinajstić information content (AvgIpc) is 3.28. The molecule has 11 heteroatoms. The fraction of sp³-hybridized carbons (Fsp3) is 0.478. The third-order valence-corrected chi connectivity index (χ3v) is 6.53. The minimum atomic E-state index is -1.15. The number of anilines is 2. The molecule has 2 atom stereocenters. The fourth-order valence-electron chi connectivity index (χ4n) is 4.85. The summed E-state index contributed by atoms with van der Waals surface area (Å²) >= 11 is 0. The standard InChI is InChI=1S/C23H25N5O6/c1-2-32-16-11-13(3-4-15(16)29)17-14(12-24)20(30)25-19-18(17)21(31)27-22(26-19)28-7-5-23(6-8-28)33-9-10-34-23/h3-4,11,14,17,29H,2,5-10H2,1H3,(H2,25,26,27,30,31). The third kappa shape index (κ3) is 3.74. The molecule has 0 bridgehead atoms. The molecule has 0 radical (unpaired) electrons. The number of piperidine rings is 1. The zero-order valence-corrected chi connectivity index (χ0v) is 18.7. The number of fused-ring (bicyclic) bond motifs is 1. The first kappa shape index (κ1) is 22.2. The van der Waals surface area contributed by atoms with Gasteiger partial charge >= 0.3 is 0 Å². The predicted molar refractivity (Wildman–Crippen MR) is 120 cm³/mol. The number of carbonyl (C=O) groups excluding carboxylic acids is 1. The summed E-state index contributed by atoms with van der Waals surface area (Å²) in [5, 5.41) is 22.4. The zero-order valence-electron chi connectivity index (χ0n) is 18.7. The van der Waals surface area contributed by atoms with Crippen LogP contribution in [-0.2, 0) is 14.3 Å². The highest BCUT2D eigenvalue weighted by Gasteiger charge is 2.42. The Kier molecular flexibility index (Phi) is 5.63. The monoisotopic (exact) mass is 467 g/mol. The van der Waals surface area contributed by atoms with Crippen molar-refractivity contribution >= 4 is 17.7 Å². The van der Waals surface area contributed by atoms with Gasteiger partial charge in [-0.15, -0.1) is 0 Å². The lowest BCUT2D eigenvalue weighted by Gasteiger charge is -2.38. The number of phenolic OH excluding ortho intramolecular Hbond substituents is 1. The molecule has 0 saturated carbocycles. The lowest BCUT2D eigenvalue weighted by Crippen LogP contribution is -2.46. The Hall–Kier alpha value is -3.62. The number of ether oxygens (including phenoxy) is 3. The molecule has 2 aromatic rings. The molecule has 3 N–H and O–H groups in total. The first-order valence-electron chi connectivity index (χ1n) is 11.3. The van der Waals surface area contributed by atoms with Crippen LogP contribution in [0.4, 0.5) is 11.8 Å². The van der Waals surface area contributed by atoms with E-state index in [1.165, 1.54) is 6.07 Å². The predicted octanol–water partition coefficient (Wildman–Crippen LogP) is 1.44. The van der Waals surface area contributed by atoms with E-state index >= 15 is 0 Å². The van der Waals surface area contributed by atoms with E-state index in [9.17, 15) is 20.0 Å². The van der Waals surface area contributed by atoms with Crippen molar-refractivity contribution in [2.75, 3.05) is 43.1 Å². The topological polar surface area (TPSA) is 150 Å². The first-order chi connectivity index (χ1) is 16.4. The van der Waals surface area contributed by atoms with Crippen LogP contribution in [0.1, 0.15) is 36.8 Å². The van der Waals surface area contributed by atoms with E-state index in [0.717, 1.165) is 0 Å². The second-order valence-corrected chi connectivity index (χ2v) is 8.48. The summed E-state index contributed by atoms with van der Waals surface area (Å²) in [5.74, 6) is -2.52. The Morgan fingerprint density at radius 2 is 2.03 bits per heavy atom. The van der Waals surface area contributed by atoms with Crippen LogP contribution >= 0.6 is 0 Å². The molecule has 0 aliphatic carbocycles. The van der Waals surface area contributed by atoms with Gasteiger partial charge in [0.05, 0.1) is 31.5 Å². The second kappa shape index (κ2) is 8.62. The maximum atomic E-state index is 13.3. The van der Waals surface area contributed by atoms with Crippen LogP contribution in [0.2, 0.25) is 0 Å². The van der Waals surface area contributed by atoms with Crippen LogP contribution in [-0.4, -0.2) is 59.7 Å². The Morgan fingerprint density at radius 3 is 2.71 bits per heavy atom.